The molecule has 0 aliphatic heterocycles. The molecule has 0 unspecified atom stereocenters. The molecule has 1 aromatic carbocycles. The summed E-state index contributed by atoms with van der Waals surface area (Å²) in [6.07, 6.45) is 3.86. The third-order valence-corrected chi connectivity index (χ3v) is 3.27. The third kappa shape index (κ3) is 2.47. The molecule has 1 N–H and O–H groups in total. The van der Waals surface area contributed by atoms with Gasteiger partial charge in [0, 0.05) is 18.2 Å². The minimum atomic E-state index is -0.394. The minimum absolute atomic E-state index is 0.00533. The normalized spacial score (nSPS) is 15.4. The molecule has 2 rings (SSSR count). The standard InChI is InChI=1S/C13H16FNO2/c14-12-8-10(9-17)4-5-13(12)15(6-7-16)11-2-1-3-11/h4-5,8-9,11,16H,1-3,6-7H2. The zero-order valence-electron chi connectivity index (χ0n) is 9.60. The highest BCUT2D eigenvalue weighted by Crippen LogP contribution is 2.31. The first-order valence-corrected chi connectivity index (χ1v) is 5.88. The number of hydrogen-bond acceptors (Lipinski definition) is 3. The Kier molecular flexibility index (Phi) is 3.74. The van der Waals surface area contributed by atoms with Crippen molar-refractivity contribution < 1.29 is 14.3 Å². The maximum atomic E-state index is 13.8. The molecule has 0 atom stereocenters. The molecule has 0 bridgehead atoms. The molecule has 17 heavy (non-hydrogen) atoms. The first-order valence-electron chi connectivity index (χ1n) is 5.88. The lowest BCUT2D eigenvalue weighted by Crippen LogP contribution is -2.42. The second kappa shape index (κ2) is 5.27. The summed E-state index contributed by atoms with van der Waals surface area (Å²) in [7, 11) is 0. The maximum Gasteiger partial charge on any atom is 0.150 e. The van der Waals surface area contributed by atoms with Crippen molar-refractivity contribution in [2.24, 2.45) is 0 Å². The highest BCUT2D eigenvalue weighted by atomic mass is 19.1. The largest absolute Gasteiger partial charge is 0.395 e. The van der Waals surface area contributed by atoms with E-state index >= 15 is 0 Å². The number of carbonyl (C=O) groups is 1. The molecular weight excluding hydrogens is 221 g/mol. The Balaban J connectivity index is 2.25. The van der Waals surface area contributed by atoms with Gasteiger partial charge in [-0.25, -0.2) is 4.39 Å². The highest BCUT2D eigenvalue weighted by Gasteiger charge is 2.26. The summed E-state index contributed by atoms with van der Waals surface area (Å²) in [5, 5.41) is 9.04. The van der Waals surface area contributed by atoms with Crippen molar-refractivity contribution in [1.29, 1.82) is 0 Å². The van der Waals surface area contributed by atoms with Gasteiger partial charge in [0.05, 0.1) is 12.3 Å². The molecule has 0 aromatic heterocycles. The van der Waals surface area contributed by atoms with Crippen LogP contribution in [0.2, 0.25) is 0 Å². The van der Waals surface area contributed by atoms with E-state index in [9.17, 15) is 9.18 Å². The van der Waals surface area contributed by atoms with Crippen molar-refractivity contribution in [2.75, 3.05) is 18.1 Å². The van der Waals surface area contributed by atoms with Crippen LogP contribution < -0.4 is 4.90 Å². The zero-order valence-corrected chi connectivity index (χ0v) is 9.60. The second-order valence-corrected chi connectivity index (χ2v) is 4.33. The van der Waals surface area contributed by atoms with E-state index in [1.807, 2.05) is 4.90 Å². The summed E-state index contributed by atoms with van der Waals surface area (Å²) in [6.45, 7) is 0.438. The van der Waals surface area contributed by atoms with E-state index in [4.69, 9.17) is 5.11 Å². The number of aldehydes is 1. The Morgan fingerprint density at radius 3 is 2.71 bits per heavy atom. The summed E-state index contributed by atoms with van der Waals surface area (Å²) in [6, 6.07) is 4.78. The van der Waals surface area contributed by atoms with Crippen LogP contribution in [-0.2, 0) is 0 Å². The van der Waals surface area contributed by atoms with Crippen LogP contribution in [0, 0.1) is 5.82 Å². The fraction of sp³-hybridized carbons (Fsp3) is 0.462. The fourth-order valence-corrected chi connectivity index (χ4v) is 2.14. The molecule has 0 radical (unpaired) electrons. The number of aliphatic hydroxyl groups excluding tert-OH is 1. The number of hydrogen-bond donors (Lipinski definition) is 1. The lowest BCUT2D eigenvalue weighted by molar-refractivity contribution is 0.112. The Bertz CT molecular complexity index is 404. The SMILES string of the molecule is O=Cc1ccc(N(CCO)C2CCC2)c(F)c1. The van der Waals surface area contributed by atoms with Gasteiger partial charge in [0.2, 0.25) is 0 Å². The van der Waals surface area contributed by atoms with Crippen LogP contribution in [0.25, 0.3) is 0 Å². The van der Waals surface area contributed by atoms with Gasteiger partial charge >= 0.3 is 0 Å². The van der Waals surface area contributed by atoms with Gasteiger partial charge in [-0.15, -0.1) is 0 Å². The number of nitrogens with zero attached hydrogens (tertiary/aromatic N) is 1. The number of rotatable bonds is 5. The summed E-state index contributed by atoms with van der Waals surface area (Å²) >= 11 is 0. The zero-order chi connectivity index (χ0) is 12.3. The molecule has 1 aliphatic carbocycles. The van der Waals surface area contributed by atoms with Crippen LogP contribution in [0.15, 0.2) is 18.2 Å². The Labute approximate surface area is 99.9 Å². The monoisotopic (exact) mass is 237 g/mol. The number of aliphatic hydroxyl groups is 1. The Hall–Kier alpha value is -1.42. The molecule has 1 saturated carbocycles. The van der Waals surface area contributed by atoms with Crippen molar-refractivity contribution in [1.82, 2.24) is 0 Å². The number of benzene rings is 1. The fourth-order valence-electron chi connectivity index (χ4n) is 2.14. The van der Waals surface area contributed by atoms with Crippen LogP contribution in [-0.4, -0.2) is 30.6 Å². The van der Waals surface area contributed by atoms with Gasteiger partial charge in [0.15, 0.2) is 0 Å². The van der Waals surface area contributed by atoms with Crippen LogP contribution in [0.3, 0.4) is 0 Å². The minimum Gasteiger partial charge on any atom is -0.395 e. The van der Waals surface area contributed by atoms with Crippen molar-refractivity contribution in [2.45, 2.75) is 25.3 Å². The molecule has 4 heteroatoms. The molecule has 0 spiro atoms. The van der Waals surface area contributed by atoms with E-state index < -0.39 is 5.82 Å². The Morgan fingerprint density at radius 2 is 2.24 bits per heavy atom. The van der Waals surface area contributed by atoms with Gasteiger partial charge in [-0.2, -0.15) is 0 Å². The summed E-state index contributed by atoms with van der Waals surface area (Å²) < 4.78 is 13.8. The number of anilines is 1. The van der Waals surface area contributed by atoms with Crippen LogP contribution >= 0.6 is 0 Å². The van der Waals surface area contributed by atoms with Crippen LogP contribution in [0.4, 0.5) is 10.1 Å². The quantitative estimate of drug-likeness (QED) is 0.796. The Morgan fingerprint density at radius 1 is 1.47 bits per heavy atom. The average molecular weight is 237 g/mol. The third-order valence-electron chi connectivity index (χ3n) is 3.27. The van der Waals surface area contributed by atoms with E-state index in [2.05, 4.69) is 0 Å². The van der Waals surface area contributed by atoms with Gasteiger partial charge in [0.25, 0.3) is 0 Å². The van der Waals surface area contributed by atoms with Gasteiger partial charge < -0.3 is 10.0 Å². The summed E-state index contributed by atoms with van der Waals surface area (Å²) in [5.74, 6) is -0.394. The van der Waals surface area contributed by atoms with E-state index in [-0.39, 0.29) is 6.61 Å². The molecule has 0 amide bonds. The average Bonchev–Trinajstić information content (AvgIpc) is 2.26. The lowest BCUT2D eigenvalue weighted by atomic mass is 9.91. The van der Waals surface area contributed by atoms with Gasteiger partial charge in [-0.05, 0) is 37.5 Å². The molecule has 92 valence electrons. The van der Waals surface area contributed by atoms with Gasteiger partial charge in [0.1, 0.15) is 12.1 Å². The van der Waals surface area contributed by atoms with E-state index in [1.54, 1.807) is 12.1 Å². The smallest absolute Gasteiger partial charge is 0.150 e. The first-order chi connectivity index (χ1) is 8.26. The summed E-state index contributed by atoms with van der Waals surface area (Å²) in [4.78, 5) is 12.4. The number of halogens is 1. The predicted molar refractivity (Wildman–Crippen MR) is 63.9 cm³/mol. The molecule has 1 aliphatic rings. The van der Waals surface area contributed by atoms with Crippen molar-refractivity contribution in [3.05, 3.63) is 29.6 Å². The first kappa shape index (κ1) is 12.0. The molecule has 0 heterocycles. The van der Waals surface area contributed by atoms with Crippen molar-refractivity contribution in [3.63, 3.8) is 0 Å². The number of carbonyl (C=O) groups excluding carboxylic acids is 1. The topological polar surface area (TPSA) is 40.5 Å². The van der Waals surface area contributed by atoms with Gasteiger partial charge in [-0.3, -0.25) is 4.79 Å². The van der Waals surface area contributed by atoms with Gasteiger partial charge in [-0.1, -0.05) is 0 Å². The predicted octanol–water partition coefficient (Wildman–Crippen LogP) is 1.99. The molecule has 1 fully saturated rings. The van der Waals surface area contributed by atoms with Crippen molar-refractivity contribution >= 4 is 12.0 Å². The van der Waals surface area contributed by atoms with Crippen molar-refractivity contribution in [3.8, 4) is 0 Å². The maximum absolute atomic E-state index is 13.8. The molecular formula is C13H16FNO2. The van der Waals surface area contributed by atoms with Crippen LogP contribution in [0.5, 0.6) is 0 Å². The molecule has 3 nitrogen and oxygen atoms in total. The second-order valence-electron chi connectivity index (χ2n) is 4.33. The van der Waals surface area contributed by atoms with E-state index in [0.29, 0.717) is 30.1 Å². The highest BCUT2D eigenvalue weighted by molar-refractivity contribution is 5.76. The van der Waals surface area contributed by atoms with E-state index in [0.717, 1.165) is 19.3 Å². The molecule has 1 aromatic rings. The summed E-state index contributed by atoms with van der Waals surface area (Å²) in [5.41, 5.74) is 0.818. The molecule has 0 saturated heterocycles. The lowest BCUT2D eigenvalue weighted by Gasteiger charge is -2.39. The van der Waals surface area contributed by atoms with Crippen LogP contribution in [0.1, 0.15) is 29.6 Å². The van der Waals surface area contributed by atoms with E-state index in [1.165, 1.54) is 6.07 Å².